The number of nitrogens with one attached hydrogen (secondary N) is 2. The highest BCUT2D eigenvalue weighted by Gasteiger charge is 2.08. The normalized spacial score (nSPS) is 11.8. The van der Waals surface area contributed by atoms with Gasteiger partial charge in [-0.1, -0.05) is 30.3 Å². The highest BCUT2D eigenvalue weighted by Crippen LogP contribution is 2.14. The summed E-state index contributed by atoms with van der Waals surface area (Å²) in [6.07, 6.45) is 0. The molecule has 1 atom stereocenters. The number of rotatable bonds is 3. The van der Waals surface area contributed by atoms with Gasteiger partial charge in [0.1, 0.15) is 0 Å². The molecule has 5 heteroatoms. The average Bonchev–Trinajstić information content (AvgIpc) is 2.44. The standard InChI is InChI=1S/C15H14F2N2S/c1-10(11-5-3-2-4-6-11)18-15(20)19-12-7-8-13(16)14(17)9-12/h2-10H,1H3,(H2,18,19,20). The molecular weight excluding hydrogens is 278 g/mol. The molecule has 2 aromatic carbocycles. The van der Waals surface area contributed by atoms with Gasteiger partial charge in [-0.3, -0.25) is 0 Å². The molecule has 0 aliphatic rings. The van der Waals surface area contributed by atoms with Crippen molar-refractivity contribution in [3.63, 3.8) is 0 Å². The molecule has 1 unspecified atom stereocenters. The van der Waals surface area contributed by atoms with Crippen molar-refractivity contribution in [2.24, 2.45) is 0 Å². The molecular formula is C15H14F2N2S. The second kappa shape index (κ2) is 6.43. The number of anilines is 1. The molecule has 0 bridgehead atoms. The van der Waals surface area contributed by atoms with E-state index in [0.717, 1.165) is 17.7 Å². The molecule has 2 rings (SSSR count). The second-order valence-electron chi connectivity index (χ2n) is 4.36. The van der Waals surface area contributed by atoms with Gasteiger partial charge >= 0.3 is 0 Å². The molecule has 0 saturated carbocycles. The van der Waals surface area contributed by atoms with Crippen LogP contribution in [0.1, 0.15) is 18.5 Å². The highest BCUT2D eigenvalue weighted by molar-refractivity contribution is 7.80. The van der Waals surface area contributed by atoms with Crippen LogP contribution in [0.5, 0.6) is 0 Å². The Hall–Kier alpha value is -2.01. The van der Waals surface area contributed by atoms with Crippen molar-refractivity contribution in [1.82, 2.24) is 5.32 Å². The molecule has 104 valence electrons. The van der Waals surface area contributed by atoms with Crippen molar-refractivity contribution >= 4 is 23.0 Å². The van der Waals surface area contributed by atoms with E-state index in [1.807, 2.05) is 37.3 Å². The summed E-state index contributed by atoms with van der Waals surface area (Å²) in [7, 11) is 0. The van der Waals surface area contributed by atoms with Gasteiger partial charge in [0.2, 0.25) is 0 Å². The third kappa shape index (κ3) is 3.74. The minimum Gasteiger partial charge on any atom is -0.356 e. The van der Waals surface area contributed by atoms with Gasteiger partial charge in [0, 0.05) is 11.8 Å². The predicted octanol–water partition coefficient (Wildman–Crippen LogP) is 4.01. The largest absolute Gasteiger partial charge is 0.356 e. The van der Waals surface area contributed by atoms with Crippen molar-refractivity contribution in [3.8, 4) is 0 Å². The average molecular weight is 292 g/mol. The Morgan fingerprint density at radius 3 is 2.40 bits per heavy atom. The fraction of sp³-hybridized carbons (Fsp3) is 0.133. The van der Waals surface area contributed by atoms with E-state index < -0.39 is 11.6 Å². The SMILES string of the molecule is CC(NC(=S)Nc1ccc(F)c(F)c1)c1ccccc1. The summed E-state index contributed by atoms with van der Waals surface area (Å²) >= 11 is 5.15. The van der Waals surface area contributed by atoms with Crippen LogP contribution in [-0.2, 0) is 0 Å². The minimum atomic E-state index is -0.908. The van der Waals surface area contributed by atoms with E-state index in [0.29, 0.717) is 10.8 Å². The van der Waals surface area contributed by atoms with E-state index in [1.54, 1.807) is 0 Å². The van der Waals surface area contributed by atoms with Crippen molar-refractivity contribution in [3.05, 3.63) is 65.7 Å². The van der Waals surface area contributed by atoms with Gasteiger partial charge < -0.3 is 10.6 Å². The van der Waals surface area contributed by atoms with Gasteiger partial charge in [-0.2, -0.15) is 0 Å². The predicted molar refractivity (Wildman–Crippen MR) is 80.6 cm³/mol. The third-order valence-electron chi connectivity index (χ3n) is 2.82. The maximum absolute atomic E-state index is 13.1. The van der Waals surface area contributed by atoms with Crippen LogP contribution in [0.25, 0.3) is 0 Å². The maximum Gasteiger partial charge on any atom is 0.171 e. The molecule has 0 spiro atoms. The van der Waals surface area contributed by atoms with Gasteiger partial charge in [-0.05, 0) is 36.8 Å². The summed E-state index contributed by atoms with van der Waals surface area (Å²) in [5, 5.41) is 6.26. The van der Waals surface area contributed by atoms with E-state index in [4.69, 9.17) is 12.2 Å². The van der Waals surface area contributed by atoms with Crippen LogP contribution in [0.2, 0.25) is 0 Å². The first kappa shape index (κ1) is 14.4. The molecule has 2 aromatic rings. The van der Waals surface area contributed by atoms with Gasteiger partial charge in [0.25, 0.3) is 0 Å². The summed E-state index contributed by atoms with van der Waals surface area (Å²) in [4.78, 5) is 0. The topological polar surface area (TPSA) is 24.1 Å². The Kier molecular flexibility index (Phi) is 4.63. The first-order valence-electron chi connectivity index (χ1n) is 6.14. The van der Waals surface area contributed by atoms with Gasteiger partial charge in [0.15, 0.2) is 16.7 Å². The van der Waals surface area contributed by atoms with Crippen LogP contribution in [-0.4, -0.2) is 5.11 Å². The summed E-state index contributed by atoms with van der Waals surface area (Å²) < 4.78 is 25.9. The number of hydrogen-bond acceptors (Lipinski definition) is 1. The second-order valence-corrected chi connectivity index (χ2v) is 4.77. The van der Waals surface area contributed by atoms with Crippen molar-refractivity contribution in [2.75, 3.05) is 5.32 Å². The lowest BCUT2D eigenvalue weighted by atomic mass is 10.1. The number of thiocarbonyl (C=S) groups is 1. The molecule has 0 radical (unpaired) electrons. The van der Waals surface area contributed by atoms with E-state index >= 15 is 0 Å². The molecule has 0 saturated heterocycles. The molecule has 2 nitrogen and oxygen atoms in total. The Morgan fingerprint density at radius 2 is 1.75 bits per heavy atom. The summed E-state index contributed by atoms with van der Waals surface area (Å²) in [6.45, 7) is 1.97. The Bertz CT molecular complexity index is 602. The summed E-state index contributed by atoms with van der Waals surface area (Å²) in [5.74, 6) is -1.79. The van der Waals surface area contributed by atoms with Crippen LogP contribution in [0.15, 0.2) is 48.5 Å². The van der Waals surface area contributed by atoms with Gasteiger partial charge in [-0.25, -0.2) is 8.78 Å². The number of benzene rings is 2. The van der Waals surface area contributed by atoms with E-state index in [1.165, 1.54) is 6.07 Å². The van der Waals surface area contributed by atoms with E-state index in [9.17, 15) is 8.78 Å². The Balaban J connectivity index is 1.97. The molecule has 20 heavy (non-hydrogen) atoms. The fourth-order valence-corrected chi connectivity index (χ4v) is 2.06. The van der Waals surface area contributed by atoms with Gasteiger partial charge in [0.05, 0.1) is 6.04 Å². The first-order valence-corrected chi connectivity index (χ1v) is 6.54. The molecule has 0 amide bonds. The highest BCUT2D eigenvalue weighted by atomic mass is 32.1. The van der Waals surface area contributed by atoms with Crippen molar-refractivity contribution in [2.45, 2.75) is 13.0 Å². The van der Waals surface area contributed by atoms with Crippen LogP contribution in [0, 0.1) is 11.6 Å². The van der Waals surface area contributed by atoms with E-state index in [-0.39, 0.29) is 6.04 Å². The Labute approximate surface area is 121 Å². The molecule has 0 aliphatic carbocycles. The molecule has 0 heterocycles. The van der Waals surface area contributed by atoms with Crippen LogP contribution >= 0.6 is 12.2 Å². The lowest BCUT2D eigenvalue weighted by Gasteiger charge is -2.17. The smallest absolute Gasteiger partial charge is 0.171 e. The Morgan fingerprint density at radius 1 is 1.05 bits per heavy atom. The van der Waals surface area contributed by atoms with Crippen molar-refractivity contribution in [1.29, 1.82) is 0 Å². The molecule has 0 fully saturated rings. The quantitative estimate of drug-likeness (QED) is 0.836. The van der Waals surface area contributed by atoms with Crippen LogP contribution in [0.3, 0.4) is 0 Å². The summed E-state index contributed by atoms with van der Waals surface area (Å²) in [5.41, 5.74) is 1.49. The lowest BCUT2D eigenvalue weighted by molar-refractivity contribution is 0.509. The number of halogens is 2. The van der Waals surface area contributed by atoms with E-state index in [2.05, 4.69) is 10.6 Å². The number of hydrogen-bond donors (Lipinski definition) is 2. The molecule has 2 N–H and O–H groups in total. The first-order chi connectivity index (χ1) is 9.56. The van der Waals surface area contributed by atoms with Gasteiger partial charge in [-0.15, -0.1) is 0 Å². The lowest BCUT2D eigenvalue weighted by Crippen LogP contribution is -2.30. The maximum atomic E-state index is 13.1. The van der Waals surface area contributed by atoms with Crippen LogP contribution in [0.4, 0.5) is 14.5 Å². The van der Waals surface area contributed by atoms with Crippen LogP contribution < -0.4 is 10.6 Å². The van der Waals surface area contributed by atoms with Crippen molar-refractivity contribution < 1.29 is 8.78 Å². The fourth-order valence-electron chi connectivity index (χ4n) is 1.76. The monoisotopic (exact) mass is 292 g/mol. The zero-order valence-electron chi connectivity index (χ0n) is 10.9. The molecule has 0 aromatic heterocycles. The zero-order valence-corrected chi connectivity index (χ0v) is 11.7. The zero-order chi connectivity index (χ0) is 14.5. The minimum absolute atomic E-state index is 0.0153. The summed E-state index contributed by atoms with van der Waals surface area (Å²) in [6, 6.07) is 13.4. The third-order valence-corrected chi connectivity index (χ3v) is 3.04. The molecule has 0 aliphatic heterocycles.